The molecule has 0 radical (unpaired) electrons. The molecule has 0 aliphatic heterocycles. The lowest BCUT2D eigenvalue weighted by molar-refractivity contribution is 0.342. The first-order chi connectivity index (χ1) is 6.86. The number of aryl methyl sites for hydroxylation is 1. The molecular formula is C12H17ClO. The summed E-state index contributed by atoms with van der Waals surface area (Å²) >= 11 is 5.53. The highest BCUT2D eigenvalue weighted by atomic mass is 35.5. The average Bonchev–Trinajstić information content (AvgIpc) is 2.25. The summed E-state index contributed by atoms with van der Waals surface area (Å²) in [6.07, 6.45) is 3.65. The Morgan fingerprint density at radius 2 is 1.93 bits per heavy atom. The second-order valence-electron chi connectivity index (χ2n) is 3.28. The van der Waals surface area contributed by atoms with Crippen LogP contribution in [0.4, 0.5) is 0 Å². The number of ether oxygens (including phenoxy) is 1. The smallest absolute Gasteiger partial charge is 0.119 e. The minimum Gasteiger partial charge on any atom is -0.492 e. The molecule has 0 bridgehead atoms. The van der Waals surface area contributed by atoms with Crippen LogP contribution in [0.1, 0.15) is 25.3 Å². The van der Waals surface area contributed by atoms with Gasteiger partial charge < -0.3 is 4.74 Å². The van der Waals surface area contributed by atoms with Gasteiger partial charge in [0.2, 0.25) is 0 Å². The first kappa shape index (κ1) is 11.4. The van der Waals surface area contributed by atoms with E-state index in [9.17, 15) is 0 Å². The number of rotatable bonds is 6. The van der Waals surface area contributed by atoms with E-state index >= 15 is 0 Å². The van der Waals surface area contributed by atoms with E-state index in [4.69, 9.17) is 16.3 Å². The van der Waals surface area contributed by atoms with E-state index < -0.39 is 0 Å². The fourth-order valence-corrected chi connectivity index (χ4v) is 1.37. The first-order valence-electron chi connectivity index (χ1n) is 5.14. The van der Waals surface area contributed by atoms with Gasteiger partial charge in [0.25, 0.3) is 0 Å². The van der Waals surface area contributed by atoms with E-state index in [0.717, 1.165) is 12.2 Å². The Bertz CT molecular complexity index is 216. The van der Waals surface area contributed by atoms with Crippen LogP contribution >= 0.6 is 11.6 Å². The van der Waals surface area contributed by atoms with Crippen molar-refractivity contribution in [2.75, 3.05) is 12.5 Å². The van der Waals surface area contributed by atoms with Gasteiger partial charge in [-0.15, -0.1) is 11.6 Å². The lowest BCUT2D eigenvalue weighted by atomic mass is 10.1. The Morgan fingerprint density at radius 3 is 2.50 bits per heavy atom. The second-order valence-corrected chi connectivity index (χ2v) is 3.66. The minimum atomic E-state index is 0.539. The van der Waals surface area contributed by atoms with Crippen molar-refractivity contribution in [2.45, 2.75) is 26.2 Å². The van der Waals surface area contributed by atoms with Crippen molar-refractivity contribution in [1.82, 2.24) is 0 Å². The monoisotopic (exact) mass is 212 g/mol. The van der Waals surface area contributed by atoms with Gasteiger partial charge in [0.05, 0.1) is 5.88 Å². The molecule has 1 aromatic rings. The number of hydrogen-bond acceptors (Lipinski definition) is 1. The quantitative estimate of drug-likeness (QED) is 0.655. The van der Waals surface area contributed by atoms with Gasteiger partial charge in [0.1, 0.15) is 12.4 Å². The zero-order valence-corrected chi connectivity index (χ0v) is 9.39. The molecule has 2 heteroatoms. The second kappa shape index (κ2) is 6.72. The highest BCUT2D eigenvalue weighted by Gasteiger charge is 1.94. The van der Waals surface area contributed by atoms with E-state index in [0.29, 0.717) is 12.5 Å². The lowest BCUT2D eigenvalue weighted by Gasteiger charge is -2.05. The van der Waals surface area contributed by atoms with Crippen LogP contribution in [0, 0.1) is 0 Å². The molecule has 1 rings (SSSR count). The summed E-state index contributed by atoms with van der Waals surface area (Å²) in [4.78, 5) is 0. The number of unbranched alkanes of at least 4 members (excludes halogenated alkanes) is 1. The molecular weight excluding hydrogens is 196 g/mol. The van der Waals surface area contributed by atoms with Crippen molar-refractivity contribution >= 4 is 11.6 Å². The number of hydrogen-bond donors (Lipinski definition) is 0. The van der Waals surface area contributed by atoms with Crippen LogP contribution in [0.5, 0.6) is 5.75 Å². The van der Waals surface area contributed by atoms with Gasteiger partial charge >= 0.3 is 0 Å². The minimum absolute atomic E-state index is 0.539. The molecule has 14 heavy (non-hydrogen) atoms. The molecule has 0 amide bonds. The van der Waals surface area contributed by atoms with E-state index in [1.165, 1.54) is 18.4 Å². The summed E-state index contributed by atoms with van der Waals surface area (Å²) in [5, 5.41) is 0. The molecule has 0 unspecified atom stereocenters. The van der Waals surface area contributed by atoms with Crippen LogP contribution in [0.25, 0.3) is 0 Å². The van der Waals surface area contributed by atoms with Crippen LogP contribution in [0.2, 0.25) is 0 Å². The van der Waals surface area contributed by atoms with Crippen LogP contribution < -0.4 is 4.74 Å². The molecule has 0 aliphatic rings. The molecule has 0 spiro atoms. The summed E-state index contributed by atoms with van der Waals surface area (Å²) in [7, 11) is 0. The zero-order chi connectivity index (χ0) is 10.2. The molecule has 0 saturated carbocycles. The van der Waals surface area contributed by atoms with Gasteiger partial charge in [-0.05, 0) is 30.5 Å². The molecule has 0 saturated heterocycles. The largest absolute Gasteiger partial charge is 0.492 e. The van der Waals surface area contributed by atoms with Crippen molar-refractivity contribution < 1.29 is 4.74 Å². The summed E-state index contributed by atoms with van der Waals surface area (Å²) in [6, 6.07) is 8.27. The van der Waals surface area contributed by atoms with Gasteiger partial charge in [-0.3, -0.25) is 0 Å². The highest BCUT2D eigenvalue weighted by Crippen LogP contribution is 2.13. The third-order valence-electron chi connectivity index (χ3n) is 2.09. The van der Waals surface area contributed by atoms with E-state index in [2.05, 4.69) is 19.1 Å². The molecule has 0 atom stereocenters. The van der Waals surface area contributed by atoms with Gasteiger partial charge in [0.15, 0.2) is 0 Å². The standard InChI is InChI=1S/C12H17ClO/c1-2-3-4-11-5-7-12(8-6-11)14-10-9-13/h5-8H,2-4,9-10H2,1H3. The Hall–Kier alpha value is -0.690. The number of halogens is 1. The van der Waals surface area contributed by atoms with Gasteiger partial charge in [-0.25, -0.2) is 0 Å². The Labute approximate surface area is 91.0 Å². The molecule has 1 nitrogen and oxygen atoms in total. The molecule has 0 N–H and O–H groups in total. The summed E-state index contributed by atoms with van der Waals surface area (Å²) in [5.41, 5.74) is 1.38. The Kier molecular flexibility index (Phi) is 5.46. The first-order valence-corrected chi connectivity index (χ1v) is 5.68. The van der Waals surface area contributed by atoms with Gasteiger partial charge in [0, 0.05) is 0 Å². The van der Waals surface area contributed by atoms with E-state index in [1.54, 1.807) is 0 Å². The van der Waals surface area contributed by atoms with E-state index in [-0.39, 0.29) is 0 Å². The summed E-state index contributed by atoms with van der Waals surface area (Å²) in [5.74, 6) is 1.45. The fourth-order valence-electron chi connectivity index (χ4n) is 1.29. The SMILES string of the molecule is CCCCc1ccc(OCCCl)cc1. The van der Waals surface area contributed by atoms with Crippen molar-refractivity contribution in [3.63, 3.8) is 0 Å². The summed E-state index contributed by atoms with van der Waals surface area (Å²) < 4.78 is 5.38. The third kappa shape index (κ3) is 4.01. The van der Waals surface area contributed by atoms with Crippen molar-refractivity contribution in [1.29, 1.82) is 0 Å². The lowest BCUT2D eigenvalue weighted by Crippen LogP contribution is -1.97. The zero-order valence-electron chi connectivity index (χ0n) is 8.63. The molecule has 0 aromatic heterocycles. The fraction of sp³-hybridized carbons (Fsp3) is 0.500. The van der Waals surface area contributed by atoms with E-state index in [1.807, 2.05) is 12.1 Å². The predicted octanol–water partition coefficient (Wildman–Crippen LogP) is 3.65. The number of benzene rings is 1. The van der Waals surface area contributed by atoms with Crippen molar-refractivity contribution in [3.05, 3.63) is 29.8 Å². The van der Waals surface area contributed by atoms with Gasteiger partial charge in [-0.2, -0.15) is 0 Å². The molecule has 78 valence electrons. The van der Waals surface area contributed by atoms with Crippen molar-refractivity contribution in [3.8, 4) is 5.75 Å². The molecule has 0 heterocycles. The normalized spacial score (nSPS) is 10.1. The highest BCUT2D eigenvalue weighted by molar-refractivity contribution is 6.17. The summed E-state index contributed by atoms with van der Waals surface area (Å²) in [6.45, 7) is 2.79. The van der Waals surface area contributed by atoms with Crippen LogP contribution in [-0.4, -0.2) is 12.5 Å². The van der Waals surface area contributed by atoms with Crippen LogP contribution in [0.3, 0.4) is 0 Å². The molecule has 0 fully saturated rings. The maximum atomic E-state index is 5.53. The predicted molar refractivity (Wildman–Crippen MR) is 61.3 cm³/mol. The van der Waals surface area contributed by atoms with Crippen molar-refractivity contribution in [2.24, 2.45) is 0 Å². The van der Waals surface area contributed by atoms with Crippen LogP contribution in [-0.2, 0) is 6.42 Å². The maximum absolute atomic E-state index is 5.53. The average molecular weight is 213 g/mol. The Morgan fingerprint density at radius 1 is 1.21 bits per heavy atom. The third-order valence-corrected chi connectivity index (χ3v) is 2.24. The maximum Gasteiger partial charge on any atom is 0.119 e. The Balaban J connectivity index is 2.42. The molecule has 0 aliphatic carbocycles. The van der Waals surface area contributed by atoms with Gasteiger partial charge in [-0.1, -0.05) is 25.5 Å². The van der Waals surface area contributed by atoms with Crippen LogP contribution in [0.15, 0.2) is 24.3 Å². The topological polar surface area (TPSA) is 9.23 Å². The number of alkyl halides is 1. The molecule has 1 aromatic carbocycles.